The van der Waals surface area contributed by atoms with Crippen LogP contribution in [-0.2, 0) is 32.6 Å². The highest BCUT2D eigenvalue weighted by Crippen LogP contribution is 2.33. The van der Waals surface area contributed by atoms with E-state index in [1.807, 2.05) is 0 Å². The van der Waals surface area contributed by atoms with E-state index < -0.39 is 16.0 Å². The van der Waals surface area contributed by atoms with Crippen molar-refractivity contribution in [2.24, 2.45) is 0 Å². The standard InChI is InChI=1S/C28H29ClN2O7S/c1-5-31(25-11-9-21(29)14-20(25)16-30(19(4)32)17-22-8-7-13-37-22)39(34,35)23-10-12-26-24(15-23)18(3)27(38-26)28(33)36-6-2/h7-15H,5-6,16-17H2,1-4H3. The summed E-state index contributed by atoms with van der Waals surface area (Å²) in [7, 11) is -4.06. The Morgan fingerprint density at radius 1 is 1.05 bits per heavy atom. The molecule has 0 spiro atoms. The molecule has 0 N–H and O–H groups in total. The van der Waals surface area contributed by atoms with E-state index in [-0.39, 0.29) is 42.8 Å². The van der Waals surface area contributed by atoms with E-state index in [1.54, 1.807) is 56.0 Å². The summed E-state index contributed by atoms with van der Waals surface area (Å²) in [6.07, 6.45) is 1.53. The molecule has 0 aliphatic rings. The predicted molar refractivity (Wildman–Crippen MR) is 147 cm³/mol. The number of carbonyl (C=O) groups is 2. The minimum absolute atomic E-state index is 0.0241. The third kappa shape index (κ3) is 5.81. The second-order valence-corrected chi connectivity index (χ2v) is 11.1. The highest BCUT2D eigenvalue weighted by molar-refractivity contribution is 7.92. The molecule has 0 atom stereocenters. The summed E-state index contributed by atoms with van der Waals surface area (Å²) >= 11 is 6.30. The van der Waals surface area contributed by atoms with Gasteiger partial charge < -0.3 is 18.5 Å². The Balaban J connectivity index is 1.74. The number of hydrogen-bond donors (Lipinski definition) is 0. The minimum Gasteiger partial charge on any atom is -0.467 e. The third-order valence-corrected chi connectivity index (χ3v) is 8.41. The summed E-state index contributed by atoms with van der Waals surface area (Å²) in [5, 5.41) is 0.901. The molecule has 0 bridgehead atoms. The van der Waals surface area contributed by atoms with Gasteiger partial charge in [0.15, 0.2) is 0 Å². The van der Waals surface area contributed by atoms with E-state index in [1.165, 1.54) is 35.7 Å². The van der Waals surface area contributed by atoms with Crippen molar-refractivity contribution in [3.63, 3.8) is 0 Å². The molecule has 4 aromatic rings. The Morgan fingerprint density at radius 2 is 1.82 bits per heavy atom. The molecule has 1 amide bonds. The first-order valence-corrected chi connectivity index (χ1v) is 14.2. The lowest BCUT2D eigenvalue weighted by atomic mass is 10.1. The number of furan rings is 2. The normalized spacial score (nSPS) is 11.5. The van der Waals surface area contributed by atoms with Crippen molar-refractivity contribution >= 4 is 50.2 Å². The van der Waals surface area contributed by atoms with Crippen LogP contribution in [0.25, 0.3) is 11.0 Å². The lowest BCUT2D eigenvalue weighted by Crippen LogP contribution is -2.33. The maximum atomic E-state index is 14.0. The fourth-order valence-electron chi connectivity index (χ4n) is 4.35. The van der Waals surface area contributed by atoms with Crippen molar-refractivity contribution in [1.82, 2.24) is 4.90 Å². The van der Waals surface area contributed by atoms with Gasteiger partial charge in [-0.25, -0.2) is 13.2 Å². The summed E-state index contributed by atoms with van der Waals surface area (Å²) in [4.78, 5) is 26.3. The molecule has 2 aromatic carbocycles. The van der Waals surface area contributed by atoms with Crippen LogP contribution in [0.3, 0.4) is 0 Å². The molecule has 11 heteroatoms. The second-order valence-electron chi connectivity index (χ2n) is 8.83. The van der Waals surface area contributed by atoms with Crippen LogP contribution < -0.4 is 4.31 Å². The van der Waals surface area contributed by atoms with Gasteiger partial charge in [0, 0.05) is 36.0 Å². The van der Waals surface area contributed by atoms with Crippen LogP contribution in [0, 0.1) is 6.92 Å². The van der Waals surface area contributed by atoms with Crippen molar-refractivity contribution in [3.05, 3.63) is 82.5 Å². The van der Waals surface area contributed by atoms with Crippen LogP contribution in [0.15, 0.2) is 68.5 Å². The fraction of sp³-hybridized carbons (Fsp3) is 0.286. The van der Waals surface area contributed by atoms with Gasteiger partial charge >= 0.3 is 5.97 Å². The van der Waals surface area contributed by atoms with Crippen molar-refractivity contribution in [1.29, 1.82) is 0 Å². The van der Waals surface area contributed by atoms with Crippen LogP contribution in [-0.4, -0.2) is 38.3 Å². The first kappa shape index (κ1) is 28.3. The van der Waals surface area contributed by atoms with Crippen LogP contribution in [0.4, 0.5) is 5.69 Å². The lowest BCUT2D eigenvalue weighted by Gasteiger charge is -2.28. The first-order chi connectivity index (χ1) is 18.6. The van der Waals surface area contributed by atoms with Gasteiger partial charge in [-0.3, -0.25) is 9.10 Å². The maximum absolute atomic E-state index is 14.0. The van der Waals surface area contributed by atoms with E-state index in [0.29, 0.717) is 38.6 Å². The highest BCUT2D eigenvalue weighted by Gasteiger charge is 2.28. The van der Waals surface area contributed by atoms with Crippen molar-refractivity contribution < 1.29 is 31.6 Å². The number of halogens is 1. The molecule has 39 heavy (non-hydrogen) atoms. The summed E-state index contributed by atoms with van der Waals surface area (Å²) in [6, 6.07) is 12.8. The zero-order valence-electron chi connectivity index (χ0n) is 22.1. The van der Waals surface area contributed by atoms with E-state index in [4.69, 9.17) is 25.2 Å². The van der Waals surface area contributed by atoms with Gasteiger partial charge in [0.1, 0.15) is 11.3 Å². The Labute approximate surface area is 231 Å². The monoisotopic (exact) mass is 572 g/mol. The highest BCUT2D eigenvalue weighted by atomic mass is 35.5. The minimum atomic E-state index is -4.06. The van der Waals surface area contributed by atoms with E-state index >= 15 is 0 Å². The molecule has 2 aromatic heterocycles. The molecule has 0 aliphatic heterocycles. The molecule has 0 fully saturated rings. The SMILES string of the molecule is CCOC(=O)c1oc2ccc(S(=O)(=O)N(CC)c3ccc(Cl)cc3CN(Cc3ccco3)C(C)=O)cc2c1C. The second kappa shape index (κ2) is 11.5. The molecule has 206 valence electrons. The van der Waals surface area contributed by atoms with Crippen LogP contribution in [0.2, 0.25) is 5.02 Å². The third-order valence-electron chi connectivity index (χ3n) is 6.29. The molecule has 0 saturated heterocycles. The van der Waals surface area contributed by atoms with Gasteiger partial charge in [-0.2, -0.15) is 0 Å². The summed E-state index contributed by atoms with van der Waals surface area (Å²) < 4.78 is 45.3. The molecular weight excluding hydrogens is 544 g/mol. The topological polar surface area (TPSA) is 110 Å². The molecule has 9 nitrogen and oxygen atoms in total. The number of ether oxygens (including phenoxy) is 1. The first-order valence-electron chi connectivity index (χ1n) is 12.4. The number of carbonyl (C=O) groups excluding carboxylic acids is 2. The smallest absolute Gasteiger partial charge is 0.374 e. The summed E-state index contributed by atoms with van der Waals surface area (Å²) in [5.74, 6) is -0.183. The Morgan fingerprint density at radius 3 is 2.46 bits per heavy atom. The molecule has 0 saturated carbocycles. The predicted octanol–water partition coefficient (Wildman–Crippen LogP) is 5.93. The van der Waals surface area contributed by atoms with Crippen LogP contribution in [0.1, 0.15) is 48.2 Å². The quantitative estimate of drug-likeness (QED) is 0.217. The van der Waals surface area contributed by atoms with Gasteiger partial charge in [0.2, 0.25) is 11.7 Å². The van der Waals surface area contributed by atoms with Crippen LogP contribution >= 0.6 is 11.6 Å². The number of amides is 1. The van der Waals surface area contributed by atoms with Crippen molar-refractivity contribution in [2.45, 2.75) is 45.7 Å². The molecular formula is C28H29ClN2O7S. The van der Waals surface area contributed by atoms with E-state index in [9.17, 15) is 18.0 Å². The Kier molecular flexibility index (Phi) is 8.36. The van der Waals surface area contributed by atoms with Gasteiger partial charge in [0.05, 0.1) is 30.0 Å². The number of fused-ring (bicyclic) bond motifs is 1. The molecule has 0 radical (unpaired) electrons. The number of anilines is 1. The maximum Gasteiger partial charge on any atom is 0.374 e. The average molecular weight is 573 g/mol. The summed E-state index contributed by atoms with van der Waals surface area (Å²) in [6.45, 7) is 7.16. The van der Waals surface area contributed by atoms with E-state index in [2.05, 4.69) is 0 Å². The van der Waals surface area contributed by atoms with Gasteiger partial charge in [-0.1, -0.05) is 11.6 Å². The Bertz CT molecular complexity index is 1610. The number of benzene rings is 2. The van der Waals surface area contributed by atoms with Gasteiger partial charge in [0.25, 0.3) is 10.0 Å². The zero-order chi connectivity index (χ0) is 28.3. The van der Waals surface area contributed by atoms with Crippen molar-refractivity contribution in [3.8, 4) is 0 Å². The van der Waals surface area contributed by atoms with E-state index in [0.717, 1.165) is 0 Å². The Hall–Kier alpha value is -3.76. The number of aryl methyl sites for hydroxylation is 1. The number of nitrogens with zero attached hydrogens (tertiary/aromatic N) is 2. The summed E-state index contributed by atoms with van der Waals surface area (Å²) in [5.41, 5.74) is 1.81. The largest absolute Gasteiger partial charge is 0.467 e. The number of esters is 1. The van der Waals surface area contributed by atoms with Gasteiger partial charge in [-0.15, -0.1) is 0 Å². The molecule has 2 heterocycles. The molecule has 0 aliphatic carbocycles. The number of sulfonamides is 1. The zero-order valence-corrected chi connectivity index (χ0v) is 23.6. The van der Waals surface area contributed by atoms with Gasteiger partial charge in [-0.05, 0) is 74.9 Å². The fourth-order valence-corrected chi connectivity index (χ4v) is 6.08. The lowest BCUT2D eigenvalue weighted by molar-refractivity contribution is -0.130. The number of hydrogen-bond acceptors (Lipinski definition) is 7. The van der Waals surface area contributed by atoms with Crippen LogP contribution in [0.5, 0.6) is 0 Å². The number of rotatable bonds is 10. The average Bonchev–Trinajstić information content (AvgIpc) is 3.52. The molecule has 4 rings (SSSR count). The van der Waals surface area contributed by atoms with Crippen molar-refractivity contribution in [2.75, 3.05) is 17.5 Å². The molecule has 0 unspecified atom stereocenters.